The molecule has 0 saturated carbocycles. The maximum atomic E-state index is 16.3. The van der Waals surface area contributed by atoms with Crippen molar-refractivity contribution in [3.63, 3.8) is 0 Å². The van der Waals surface area contributed by atoms with Gasteiger partial charge in [-0.2, -0.15) is 0 Å². The summed E-state index contributed by atoms with van der Waals surface area (Å²) < 4.78 is 22.1. The summed E-state index contributed by atoms with van der Waals surface area (Å²) in [5, 5.41) is 13.2. The number of fused-ring (bicyclic) bond motifs is 3. The van der Waals surface area contributed by atoms with E-state index in [0.717, 1.165) is 35.2 Å². The van der Waals surface area contributed by atoms with Gasteiger partial charge in [-0.3, -0.25) is 29.3 Å². The zero-order valence-corrected chi connectivity index (χ0v) is 39.4. The van der Waals surface area contributed by atoms with E-state index in [1.807, 2.05) is 29.2 Å². The van der Waals surface area contributed by atoms with Gasteiger partial charge in [-0.05, 0) is 102 Å². The number of carbonyl (C=O) groups is 5. The van der Waals surface area contributed by atoms with Crippen LogP contribution in [0.4, 0.5) is 15.8 Å². The van der Waals surface area contributed by atoms with E-state index in [1.165, 1.54) is 18.1 Å². The molecule has 4 aromatic rings. The highest BCUT2D eigenvalue weighted by molar-refractivity contribution is 6.31. The van der Waals surface area contributed by atoms with Crippen LogP contribution in [0.15, 0.2) is 72.8 Å². The Morgan fingerprint density at radius 3 is 2.60 bits per heavy atom. The second-order valence-corrected chi connectivity index (χ2v) is 20.4. The molecule has 5 heterocycles. The van der Waals surface area contributed by atoms with E-state index in [2.05, 4.69) is 53.9 Å². The molecule has 5 aliphatic rings. The van der Waals surface area contributed by atoms with Gasteiger partial charge in [-0.15, -0.1) is 0 Å². The summed E-state index contributed by atoms with van der Waals surface area (Å²) in [6.45, 7) is 8.18. The fraction of sp³-hybridized carbons (Fsp3) is 0.404. The largest absolute Gasteiger partial charge is 0.495 e. The smallest absolute Gasteiger partial charge is 0.255 e. The van der Waals surface area contributed by atoms with Crippen LogP contribution >= 0.6 is 23.2 Å². The van der Waals surface area contributed by atoms with Crippen LogP contribution in [0.25, 0.3) is 0 Å². The summed E-state index contributed by atoms with van der Waals surface area (Å²) in [6.07, 6.45) is 3.37. The maximum absolute atomic E-state index is 16.3. The molecule has 0 aliphatic carbocycles. The number of imide groups is 1. The third-order valence-corrected chi connectivity index (χ3v) is 14.6. The lowest BCUT2D eigenvalue weighted by Crippen LogP contribution is -2.52. The zero-order valence-electron chi connectivity index (χ0n) is 37.9. The summed E-state index contributed by atoms with van der Waals surface area (Å²) in [4.78, 5) is 69.8. The topological polar surface area (TPSA) is 149 Å². The standard InChI is InChI=1S/C52H53Cl2FN6O6/c1-51(2,3)25-42-52(28-56-39-24-32(53)17-18-36(39)52)44(34-14-7-15-37(54)45(34)55)46(58-42)48(64)57-38-19-16-31(23-41(38)67-4)49(65)60-22-8-10-29(26-60)9-5-11-30-12-6-13-33-35(30)27-61(50(33)66)40-20-21-43(62)59-47(40)63/h6-7,12-19,23-24,29,40,42,44,46,56,58H,8-10,20-22,25-28H2,1-4H3,(H,57,64)(H,59,62,63)/t29-,40-,42+,44+,46-,52+/m1/s1. The van der Waals surface area contributed by atoms with Crippen molar-refractivity contribution >= 4 is 64.1 Å². The number of benzene rings is 4. The fourth-order valence-electron chi connectivity index (χ4n) is 11.0. The normalized spacial score (nSPS) is 24.4. The molecule has 4 N–H and O–H groups in total. The minimum atomic E-state index is -0.902. The average Bonchev–Trinajstić information content (AvgIpc) is 3.95. The molecule has 3 fully saturated rings. The number of carbonyl (C=O) groups excluding carboxylic acids is 5. The second kappa shape index (κ2) is 18.3. The molecule has 9 rings (SSSR count). The first-order chi connectivity index (χ1) is 32.1. The van der Waals surface area contributed by atoms with Gasteiger partial charge in [-0.25, -0.2) is 4.39 Å². The lowest BCUT2D eigenvalue weighted by Gasteiger charge is -2.39. The number of anilines is 2. The number of halogens is 3. The molecule has 348 valence electrons. The molecule has 1 spiro atoms. The van der Waals surface area contributed by atoms with Crippen molar-refractivity contribution in [2.75, 3.05) is 37.4 Å². The van der Waals surface area contributed by atoms with Crippen molar-refractivity contribution < 1.29 is 33.1 Å². The van der Waals surface area contributed by atoms with E-state index >= 15 is 4.39 Å². The number of amides is 5. The first-order valence-electron chi connectivity index (χ1n) is 22.8. The third kappa shape index (κ3) is 8.76. The average molecular weight is 948 g/mol. The van der Waals surface area contributed by atoms with Crippen molar-refractivity contribution in [2.24, 2.45) is 11.3 Å². The van der Waals surface area contributed by atoms with E-state index in [9.17, 15) is 24.0 Å². The number of hydrogen-bond acceptors (Lipinski definition) is 8. The van der Waals surface area contributed by atoms with Crippen molar-refractivity contribution in [3.05, 3.63) is 122 Å². The van der Waals surface area contributed by atoms with Crippen LogP contribution < -0.4 is 26.0 Å². The number of likely N-dealkylation sites (tertiary alicyclic amines) is 1. The Labute approximate surface area is 399 Å². The summed E-state index contributed by atoms with van der Waals surface area (Å²) in [7, 11) is 1.48. The molecule has 4 aromatic carbocycles. The van der Waals surface area contributed by atoms with Crippen LogP contribution in [-0.4, -0.2) is 84.2 Å². The van der Waals surface area contributed by atoms with Gasteiger partial charge in [0, 0.05) is 83.8 Å². The molecular formula is C52H53Cl2FN6O6. The van der Waals surface area contributed by atoms with E-state index in [0.29, 0.717) is 65.6 Å². The van der Waals surface area contributed by atoms with E-state index in [1.54, 1.807) is 42.5 Å². The molecule has 6 atom stereocenters. The number of nitrogens with one attached hydrogen (secondary N) is 4. The Morgan fingerprint density at radius 2 is 1.82 bits per heavy atom. The minimum Gasteiger partial charge on any atom is -0.495 e. The van der Waals surface area contributed by atoms with Gasteiger partial charge >= 0.3 is 0 Å². The molecule has 0 radical (unpaired) electrons. The Hall–Kier alpha value is -5.94. The molecule has 5 aliphatic heterocycles. The zero-order chi connectivity index (χ0) is 47.4. The van der Waals surface area contributed by atoms with Gasteiger partial charge in [0.05, 0.1) is 23.9 Å². The van der Waals surface area contributed by atoms with E-state index in [-0.39, 0.29) is 59.5 Å². The maximum Gasteiger partial charge on any atom is 0.255 e. The molecule has 0 aromatic heterocycles. The number of piperidine rings is 2. The SMILES string of the molecule is COc1cc(C(=O)N2CCC[C@@H](CC#Cc3cccc4c3CN([C@@H]3CCC(=O)NC3=O)C4=O)C2)ccc1NC(=O)[C@@H]1N[C@@H](CC(C)(C)C)[C@@]2(CNc3cc(Cl)ccc32)[C@H]1c1cccc(Cl)c1F. The Kier molecular flexibility index (Phi) is 12.6. The molecule has 67 heavy (non-hydrogen) atoms. The Morgan fingerprint density at radius 1 is 1.01 bits per heavy atom. The molecule has 15 heteroatoms. The number of methoxy groups -OCH3 is 1. The van der Waals surface area contributed by atoms with Crippen LogP contribution in [0.1, 0.15) is 108 Å². The third-order valence-electron chi connectivity index (χ3n) is 14.1. The molecular weight excluding hydrogens is 895 g/mol. The van der Waals surface area contributed by atoms with Crippen LogP contribution in [0.2, 0.25) is 10.0 Å². The van der Waals surface area contributed by atoms with Gasteiger partial charge in [-0.1, -0.05) is 80.1 Å². The summed E-state index contributed by atoms with van der Waals surface area (Å²) in [5.74, 6) is 4.12. The number of ether oxygens (including phenoxy) is 1. The molecule has 12 nitrogen and oxygen atoms in total. The van der Waals surface area contributed by atoms with Gasteiger partial charge in [0.2, 0.25) is 17.7 Å². The fourth-order valence-corrected chi connectivity index (χ4v) is 11.4. The predicted octanol–water partition coefficient (Wildman–Crippen LogP) is 8.06. The van der Waals surface area contributed by atoms with Crippen molar-refractivity contribution in [1.82, 2.24) is 20.4 Å². The van der Waals surface area contributed by atoms with Crippen LogP contribution in [0.3, 0.4) is 0 Å². The summed E-state index contributed by atoms with van der Waals surface area (Å²) >= 11 is 12.9. The highest BCUT2D eigenvalue weighted by atomic mass is 35.5. The van der Waals surface area contributed by atoms with Crippen molar-refractivity contribution in [2.45, 2.75) is 95.3 Å². The highest BCUT2D eigenvalue weighted by Crippen LogP contribution is 2.57. The molecule has 5 amide bonds. The Bertz CT molecular complexity index is 2770. The van der Waals surface area contributed by atoms with Crippen molar-refractivity contribution in [1.29, 1.82) is 0 Å². The minimum absolute atomic E-state index is 0.0290. The molecule has 3 saturated heterocycles. The van der Waals surface area contributed by atoms with E-state index < -0.39 is 41.0 Å². The second-order valence-electron chi connectivity index (χ2n) is 19.6. The van der Waals surface area contributed by atoms with Gasteiger partial charge in [0.15, 0.2) is 0 Å². The van der Waals surface area contributed by atoms with Crippen LogP contribution in [-0.2, 0) is 26.3 Å². The first-order valence-corrected chi connectivity index (χ1v) is 23.6. The Balaban J connectivity index is 0.911. The van der Waals surface area contributed by atoms with Crippen LogP contribution in [0, 0.1) is 29.0 Å². The van der Waals surface area contributed by atoms with E-state index in [4.69, 9.17) is 27.9 Å². The number of nitrogens with zero attached hydrogens (tertiary/aromatic N) is 2. The summed E-state index contributed by atoms with van der Waals surface area (Å²) in [5.41, 5.74) is 3.96. The van der Waals surface area contributed by atoms with Gasteiger partial charge in [0.25, 0.3) is 11.8 Å². The van der Waals surface area contributed by atoms with Gasteiger partial charge < -0.3 is 30.5 Å². The summed E-state index contributed by atoms with van der Waals surface area (Å²) in [6, 6.07) is 19.1. The molecule has 0 bridgehead atoms. The molecule has 0 unspecified atom stereocenters. The first kappa shape index (κ1) is 46.2. The van der Waals surface area contributed by atoms with Crippen molar-refractivity contribution in [3.8, 4) is 17.6 Å². The number of rotatable bonds is 8. The lowest BCUT2D eigenvalue weighted by molar-refractivity contribution is -0.137. The predicted molar refractivity (Wildman–Crippen MR) is 255 cm³/mol. The number of hydrogen-bond donors (Lipinski definition) is 4. The monoisotopic (exact) mass is 946 g/mol. The lowest BCUT2D eigenvalue weighted by atomic mass is 9.63. The van der Waals surface area contributed by atoms with Crippen LogP contribution in [0.5, 0.6) is 5.75 Å². The van der Waals surface area contributed by atoms with Gasteiger partial charge in [0.1, 0.15) is 17.6 Å². The highest BCUT2D eigenvalue weighted by Gasteiger charge is 2.61. The quantitative estimate of drug-likeness (QED) is 0.103.